The second-order valence-corrected chi connectivity index (χ2v) is 5.10. The largest absolute Gasteiger partial charge is 0.371 e. The molecule has 19 heavy (non-hydrogen) atoms. The molecule has 0 bridgehead atoms. The highest BCUT2D eigenvalue weighted by atomic mass is 16.3. The van der Waals surface area contributed by atoms with Crippen LogP contribution in [0.1, 0.15) is 25.7 Å². The molecular weight excluding hydrogens is 248 g/mol. The van der Waals surface area contributed by atoms with Crippen molar-refractivity contribution in [3.63, 3.8) is 0 Å². The number of carbonyl (C=O) groups is 3. The first-order chi connectivity index (χ1) is 8.90. The number of imide groups is 2. The monoisotopic (exact) mass is 266 g/mol. The van der Waals surface area contributed by atoms with Crippen LogP contribution >= 0.6 is 0 Å². The van der Waals surface area contributed by atoms with Crippen LogP contribution in [0.25, 0.3) is 0 Å². The fourth-order valence-electron chi connectivity index (χ4n) is 2.65. The van der Waals surface area contributed by atoms with Crippen LogP contribution in [0.5, 0.6) is 0 Å². The number of hydrogen-bond acceptors (Lipinski definition) is 4. The zero-order chi connectivity index (χ0) is 14.2. The Morgan fingerprint density at radius 1 is 1.16 bits per heavy atom. The lowest BCUT2D eigenvalue weighted by molar-refractivity contribution is -0.172. The highest BCUT2D eigenvalue weighted by Gasteiger charge is 2.58. The number of barbiturate groups is 1. The van der Waals surface area contributed by atoms with Gasteiger partial charge in [0.1, 0.15) is 0 Å². The second kappa shape index (κ2) is 4.77. The first-order valence-electron chi connectivity index (χ1n) is 6.40. The third-order valence-corrected chi connectivity index (χ3v) is 3.88. The predicted octanol–water partition coefficient (Wildman–Crippen LogP) is 0.514. The Morgan fingerprint density at radius 2 is 1.74 bits per heavy atom. The molecule has 0 radical (unpaired) electrons. The number of rotatable bonds is 1. The van der Waals surface area contributed by atoms with E-state index < -0.39 is 29.4 Å². The Balaban J connectivity index is 2.41. The normalized spacial score (nSPS) is 27.7. The van der Waals surface area contributed by atoms with Crippen molar-refractivity contribution in [3.05, 3.63) is 12.2 Å². The molecule has 1 aliphatic heterocycles. The summed E-state index contributed by atoms with van der Waals surface area (Å²) < 4.78 is 0. The molecule has 1 saturated heterocycles. The van der Waals surface area contributed by atoms with Gasteiger partial charge in [0, 0.05) is 20.0 Å². The SMILES string of the molecule is CN1C(=O)N(C)C(=O)C(O)(C2C=CCCCC2)C1=O. The van der Waals surface area contributed by atoms with Crippen LogP contribution < -0.4 is 0 Å². The summed E-state index contributed by atoms with van der Waals surface area (Å²) in [5.74, 6) is -2.25. The second-order valence-electron chi connectivity index (χ2n) is 5.10. The molecule has 0 saturated carbocycles. The first-order valence-corrected chi connectivity index (χ1v) is 6.40. The number of aliphatic hydroxyl groups is 1. The number of allylic oxidation sites excluding steroid dienone is 1. The van der Waals surface area contributed by atoms with E-state index in [0.717, 1.165) is 29.1 Å². The quantitative estimate of drug-likeness (QED) is 0.554. The van der Waals surface area contributed by atoms with Crippen LogP contribution in [0.15, 0.2) is 12.2 Å². The molecule has 0 aromatic rings. The van der Waals surface area contributed by atoms with Crippen LogP contribution in [0.2, 0.25) is 0 Å². The van der Waals surface area contributed by atoms with E-state index >= 15 is 0 Å². The fourth-order valence-corrected chi connectivity index (χ4v) is 2.65. The van der Waals surface area contributed by atoms with Crippen molar-refractivity contribution in [2.75, 3.05) is 14.1 Å². The van der Waals surface area contributed by atoms with Gasteiger partial charge in [-0.05, 0) is 19.3 Å². The van der Waals surface area contributed by atoms with E-state index in [2.05, 4.69) is 0 Å². The number of urea groups is 1. The highest BCUT2D eigenvalue weighted by Crippen LogP contribution is 2.33. The lowest BCUT2D eigenvalue weighted by Crippen LogP contribution is -2.69. The van der Waals surface area contributed by atoms with Gasteiger partial charge < -0.3 is 5.11 Å². The third-order valence-electron chi connectivity index (χ3n) is 3.88. The summed E-state index contributed by atoms with van der Waals surface area (Å²) in [6, 6.07) is -0.711. The van der Waals surface area contributed by atoms with E-state index in [1.807, 2.05) is 6.08 Å². The average Bonchev–Trinajstić information content (AvgIpc) is 2.70. The maximum absolute atomic E-state index is 12.2. The maximum atomic E-state index is 12.2. The van der Waals surface area contributed by atoms with E-state index in [4.69, 9.17) is 0 Å². The van der Waals surface area contributed by atoms with Gasteiger partial charge in [0.05, 0.1) is 0 Å². The van der Waals surface area contributed by atoms with Gasteiger partial charge in [0.25, 0.3) is 11.8 Å². The summed E-state index contributed by atoms with van der Waals surface area (Å²) in [5.41, 5.74) is -2.15. The lowest BCUT2D eigenvalue weighted by Gasteiger charge is -2.41. The van der Waals surface area contributed by atoms with E-state index in [9.17, 15) is 19.5 Å². The summed E-state index contributed by atoms with van der Waals surface area (Å²) in [7, 11) is 2.55. The first kappa shape index (κ1) is 13.7. The Labute approximate surface area is 111 Å². The maximum Gasteiger partial charge on any atom is 0.333 e. The van der Waals surface area contributed by atoms with Crippen LogP contribution in [0.3, 0.4) is 0 Å². The van der Waals surface area contributed by atoms with Crippen molar-refractivity contribution < 1.29 is 19.5 Å². The Hall–Kier alpha value is -1.69. The topological polar surface area (TPSA) is 77.9 Å². The fraction of sp³-hybridized carbons (Fsp3) is 0.615. The van der Waals surface area contributed by atoms with Gasteiger partial charge in [0.15, 0.2) is 0 Å². The Morgan fingerprint density at radius 3 is 2.32 bits per heavy atom. The van der Waals surface area contributed by atoms with Crippen molar-refractivity contribution in [1.29, 1.82) is 0 Å². The number of hydrogen-bond donors (Lipinski definition) is 1. The summed E-state index contributed by atoms with van der Waals surface area (Å²) in [6.45, 7) is 0. The molecule has 1 unspecified atom stereocenters. The van der Waals surface area contributed by atoms with E-state index in [-0.39, 0.29) is 0 Å². The molecule has 0 spiro atoms. The number of likely N-dealkylation sites (N-methyl/N-ethyl adjacent to an activating group) is 2. The smallest absolute Gasteiger partial charge is 0.333 e. The minimum absolute atomic E-state index is 0.556. The molecule has 6 heteroatoms. The van der Waals surface area contributed by atoms with Crippen LogP contribution in [-0.2, 0) is 9.59 Å². The van der Waals surface area contributed by atoms with E-state index in [1.165, 1.54) is 14.1 Å². The van der Waals surface area contributed by atoms with Gasteiger partial charge in [-0.3, -0.25) is 19.4 Å². The zero-order valence-corrected chi connectivity index (χ0v) is 11.1. The molecule has 2 rings (SSSR count). The van der Waals surface area contributed by atoms with Crippen LogP contribution in [0, 0.1) is 5.92 Å². The van der Waals surface area contributed by atoms with Gasteiger partial charge in [-0.1, -0.05) is 18.6 Å². The minimum Gasteiger partial charge on any atom is -0.371 e. The summed E-state index contributed by atoms with van der Waals surface area (Å²) in [6.07, 6.45) is 6.84. The number of carbonyl (C=O) groups excluding carboxylic acids is 3. The molecule has 6 nitrogen and oxygen atoms in total. The molecule has 0 aromatic heterocycles. The Bertz CT molecular complexity index is 434. The molecule has 1 N–H and O–H groups in total. The van der Waals surface area contributed by atoms with Gasteiger partial charge in [0.2, 0.25) is 5.60 Å². The number of nitrogens with zero attached hydrogens (tertiary/aromatic N) is 2. The highest BCUT2D eigenvalue weighted by molar-refractivity contribution is 6.21. The molecule has 4 amide bonds. The molecule has 104 valence electrons. The van der Waals surface area contributed by atoms with Gasteiger partial charge in [-0.2, -0.15) is 0 Å². The van der Waals surface area contributed by atoms with E-state index in [0.29, 0.717) is 6.42 Å². The van der Waals surface area contributed by atoms with Gasteiger partial charge in [-0.15, -0.1) is 0 Å². The van der Waals surface area contributed by atoms with Gasteiger partial charge in [-0.25, -0.2) is 4.79 Å². The molecule has 1 aliphatic carbocycles. The van der Waals surface area contributed by atoms with Crippen molar-refractivity contribution in [2.45, 2.75) is 31.3 Å². The summed E-state index contributed by atoms with van der Waals surface area (Å²) in [5, 5.41) is 10.6. The van der Waals surface area contributed by atoms with Crippen LogP contribution in [0.4, 0.5) is 4.79 Å². The molecule has 1 atom stereocenters. The number of amides is 4. The molecule has 1 fully saturated rings. The van der Waals surface area contributed by atoms with Crippen LogP contribution in [-0.4, -0.2) is 52.4 Å². The molecule has 1 heterocycles. The van der Waals surface area contributed by atoms with E-state index in [1.54, 1.807) is 6.08 Å². The Kier molecular flexibility index (Phi) is 3.45. The third kappa shape index (κ3) is 1.96. The van der Waals surface area contributed by atoms with Crippen molar-refractivity contribution in [2.24, 2.45) is 5.92 Å². The summed E-state index contributed by atoms with van der Waals surface area (Å²) in [4.78, 5) is 37.7. The lowest BCUT2D eigenvalue weighted by atomic mass is 9.81. The summed E-state index contributed by atoms with van der Waals surface area (Å²) >= 11 is 0. The van der Waals surface area contributed by atoms with Crippen molar-refractivity contribution >= 4 is 17.8 Å². The van der Waals surface area contributed by atoms with Gasteiger partial charge >= 0.3 is 6.03 Å². The predicted molar refractivity (Wildman–Crippen MR) is 67.0 cm³/mol. The zero-order valence-electron chi connectivity index (χ0n) is 11.1. The molecule has 0 aromatic carbocycles. The minimum atomic E-state index is -2.15. The van der Waals surface area contributed by atoms with Crippen molar-refractivity contribution in [3.8, 4) is 0 Å². The van der Waals surface area contributed by atoms with Crippen molar-refractivity contribution in [1.82, 2.24) is 9.80 Å². The molecule has 2 aliphatic rings. The average molecular weight is 266 g/mol. The standard InChI is InChI=1S/C13H18N2O4/c1-14-10(16)13(19,11(17)15(2)12(14)18)9-7-5-3-4-6-8-9/h5,7,9,19H,3-4,6,8H2,1-2H3. The molecular formula is C13H18N2O4.